The van der Waals surface area contributed by atoms with E-state index in [1.54, 1.807) is 63.2 Å². The number of nitrogens with one attached hydrogen (secondary N) is 3. The monoisotopic (exact) mass is 583 g/mol. The summed E-state index contributed by atoms with van der Waals surface area (Å²) in [4.78, 5) is 13.3. The molecular weight excluding hydrogens is 558 g/mol. The van der Waals surface area contributed by atoms with Crippen molar-refractivity contribution in [3.8, 4) is 0 Å². The highest BCUT2D eigenvalue weighted by atomic mass is 35.5. The lowest BCUT2D eigenvalue weighted by atomic mass is 10.1. The van der Waals surface area contributed by atoms with Gasteiger partial charge in [0.25, 0.3) is 26.0 Å². The second-order valence-electron chi connectivity index (χ2n) is 8.96. The van der Waals surface area contributed by atoms with Gasteiger partial charge in [0.1, 0.15) is 0 Å². The van der Waals surface area contributed by atoms with E-state index in [-0.39, 0.29) is 26.7 Å². The van der Waals surface area contributed by atoms with Crippen LogP contribution in [0.3, 0.4) is 0 Å². The van der Waals surface area contributed by atoms with Crippen molar-refractivity contribution in [3.05, 3.63) is 112 Å². The summed E-state index contributed by atoms with van der Waals surface area (Å²) in [6.45, 7) is 5.20. The number of carbonyl (C=O) groups is 1. The minimum absolute atomic E-state index is 0.0674. The van der Waals surface area contributed by atoms with Gasteiger partial charge in [-0.1, -0.05) is 41.9 Å². The molecule has 0 unspecified atom stereocenters. The second-order valence-corrected chi connectivity index (χ2v) is 12.7. The van der Waals surface area contributed by atoms with E-state index in [4.69, 9.17) is 11.6 Å². The molecule has 0 radical (unpaired) electrons. The molecule has 4 rings (SSSR count). The number of para-hydroxylation sites is 1. The molecule has 0 aromatic heterocycles. The van der Waals surface area contributed by atoms with Crippen LogP contribution in [0.2, 0.25) is 5.02 Å². The first-order valence-electron chi connectivity index (χ1n) is 11.8. The van der Waals surface area contributed by atoms with Crippen LogP contribution < -0.4 is 14.8 Å². The molecule has 4 aromatic rings. The summed E-state index contributed by atoms with van der Waals surface area (Å²) in [7, 11) is -7.96. The Labute approximate surface area is 233 Å². The fraction of sp³-hybridized carbons (Fsp3) is 0.107. The van der Waals surface area contributed by atoms with Crippen molar-refractivity contribution in [2.75, 3.05) is 14.8 Å². The Bertz CT molecular complexity index is 1770. The molecule has 0 saturated carbocycles. The van der Waals surface area contributed by atoms with E-state index in [1.165, 1.54) is 36.4 Å². The Morgan fingerprint density at radius 3 is 2.08 bits per heavy atom. The standard InChI is InChI=1S/C28H26ClN3O5S2/c1-18-8-9-20(3)27(16-18)39(36,37)32-25-7-5-4-6-24(25)28(33)30-26-17-23(15-10-19(26)2)38(34,35)31-22-13-11-21(29)12-14-22/h4-17,31-32H,1-3H3,(H,30,33). The number of aryl methyl sites for hydroxylation is 3. The largest absolute Gasteiger partial charge is 0.322 e. The number of hydrogen-bond acceptors (Lipinski definition) is 5. The molecule has 0 aliphatic rings. The number of rotatable bonds is 8. The van der Waals surface area contributed by atoms with Crippen LogP contribution in [0.15, 0.2) is 94.7 Å². The Morgan fingerprint density at radius 2 is 1.36 bits per heavy atom. The lowest BCUT2D eigenvalue weighted by Gasteiger charge is -2.16. The van der Waals surface area contributed by atoms with Crippen LogP contribution in [-0.2, 0) is 20.0 Å². The third kappa shape index (κ3) is 6.59. The molecule has 0 atom stereocenters. The first-order valence-corrected chi connectivity index (χ1v) is 15.1. The van der Waals surface area contributed by atoms with Gasteiger partial charge in [0, 0.05) is 16.4 Å². The molecule has 0 saturated heterocycles. The molecule has 11 heteroatoms. The molecule has 0 spiro atoms. The number of hydrogen-bond donors (Lipinski definition) is 3. The average Bonchev–Trinajstić information content (AvgIpc) is 2.88. The van der Waals surface area contributed by atoms with Crippen LogP contribution >= 0.6 is 11.6 Å². The minimum Gasteiger partial charge on any atom is -0.322 e. The van der Waals surface area contributed by atoms with Gasteiger partial charge in [0.05, 0.1) is 21.0 Å². The highest BCUT2D eigenvalue weighted by molar-refractivity contribution is 7.93. The van der Waals surface area contributed by atoms with Crippen LogP contribution in [0.5, 0.6) is 0 Å². The van der Waals surface area contributed by atoms with Crippen molar-refractivity contribution in [2.24, 2.45) is 0 Å². The van der Waals surface area contributed by atoms with Crippen LogP contribution in [-0.4, -0.2) is 22.7 Å². The van der Waals surface area contributed by atoms with E-state index in [0.717, 1.165) is 5.56 Å². The van der Waals surface area contributed by atoms with Crippen molar-refractivity contribution in [2.45, 2.75) is 30.6 Å². The minimum atomic E-state index is -3.99. The van der Waals surface area contributed by atoms with E-state index in [1.807, 2.05) is 6.07 Å². The zero-order valence-electron chi connectivity index (χ0n) is 21.3. The topological polar surface area (TPSA) is 121 Å². The summed E-state index contributed by atoms with van der Waals surface area (Å²) in [6.07, 6.45) is 0. The summed E-state index contributed by atoms with van der Waals surface area (Å²) in [5, 5.41) is 3.18. The summed E-state index contributed by atoms with van der Waals surface area (Å²) < 4.78 is 57.3. The summed E-state index contributed by atoms with van der Waals surface area (Å²) in [5.41, 5.74) is 2.70. The van der Waals surface area contributed by atoms with Crippen molar-refractivity contribution in [1.29, 1.82) is 0 Å². The number of anilines is 3. The maximum atomic E-state index is 13.3. The Hall–Kier alpha value is -3.86. The average molecular weight is 584 g/mol. The molecule has 0 aliphatic carbocycles. The summed E-state index contributed by atoms with van der Waals surface area (Å²) in [6, 6.07) is 21.8. The van der Waals surface area contributed by atoms with Gasteiger partial charge in [0.2, 0.25) is 0 Å². The molecule has 3 N–H and O–H groups in total. The van der Waals surface area contributed by atoms with Crippen LogP contribution in [0.4, 0.5) is 17.1 Å². The lowest BCUT2D eigenvalue weighted by Crippen LogP contribution is -2.20. The van der Waals surface area contributed by atoms with Gasteiger partial charge < -0.3 is 5.32 Å². The fourth-order valence-electron chi connectivity index (χ4n) is 3.79. The third-order valence-electron chi connectivity index (χ3n) is 5.91. The fourth-order valence-corrected chi connectivity index (χ4v) is 6.41. The smallest absolute Gasteiger partial charge is 0.262 e. The van der Waals surface area contributed by atoms with Crippen LogP contribution in [0.25, 0.3) is 0 Å². The van der Waals surface area contributed by atoms with Gasteiger partial charge in [-0.25, -0.2) is 16.8 Å². The molecule has 0 heterocycles. The van der Waals surface area contributed by atoms with Crippen LogP contribution in [0, 0.1) is 20.8 Å². The zero-order chi connectivity index (χ0) is 28.4. The number of carbonyl (C=O) groups excluding carboxylic acids is 1. The van der Waals surface area contributed by atoms with Crippen molar-refractivity contribution >= 4 is 54.6 Å². The first kappa shape index (κ1) is 28.2. The first-order chi connectivity index (χ1) is 18.4. The predicted molar refractivity (Wildman–Crippen MR) is 155 cm³/mol. The predicted octanol–water partition coefficient (Wildman–Crippen LogP) is 6.12. The van der Waals surface area contributed by atoms with E-state index < -0.39 is 26.0 Å². The SMILES string of the molecule is Cc1ccc(C)c(S(=O)(=O)Nc2ccccc2C(=O)Nc2cc(S(=O)(=O)Nc3ccc(Cl)cc3)ccc2C)c1. The maximum Gasteiger partial charge on any atom is 0.262 e. The lowest BCUT2D eigenvalue weighted by molar-refractivity contribution is 0.102. The molecule has 0 bridgehead atoms. The van der Waals surface area contributed by atoms with Gasteiger partial charge in [-0.2, -0.15) is 0 Å². The molecular formula is C28H26ClN3O5S2. The van der Waals surface area contributed by atoms with E-state index in [0.29, 0.717) is 21.8 Å². The van der Waals surface area contributed by atoms with Gasteiger partial charge in [-0.3, -0.25) is 14.2 Å². The summed E-state index contributed by atoms with van der Waals surface area (Å²) >= 11 is 5.87. The van der Waals surface area contributed by atoms with Crippen molar-refractivity contribution in [3.63, 3.8) is 0 Å². The Morgan fingerprint density at radius 1 is 0.692 bits per heavy atom. The highest BCUT2D eigenvalue weighted by Gasteiger charge is 2.22. The van der Waals surface area contributed by atoms with Crippen molar-refractivity contribution in [1.82, 2.24) is 0 Å². The van der Waals surface area contributed by atoms with Gasteiger partial charge in [-0.15, -0.1) is 0 Å². The molecule has 8 nitrogen and oxygen atoms in total. The molecule has 202 valence electrons. The number of sulfonamides is 2. The number of benzene rings is 4. The van der Waals surface area contributed by atoms with Gasteiger partial charge in [-0.05, 0) is 92.1 Å². The second kappa shape index (κ2) is 11.1. The quantitative estimate of drug-likeness (QED) is 0.231. The van der Waals surface area contributed by atoms with Gasteiger partial charge >= 0.3 is 0 Å². The van der Waals surface area contributed by atoms with Crippen LogP contribution in [0.1, 0.15) is 27.0 Å². The Balaban J connectivity index is 1.60. The normalized spacial score (nSPS) is 11.6. The van der Waals surface area contributed by atoms with E-state index >= 15 is 0 Å². The molecule has 1 amide bonds. The number of halogens is 1. The van der Waals surface area contributed by atoms with Crippen molar-refractivity contribution < 1.29 is 21.6 Å². The molecule has 39 heavy (non-hydrogen) atoms. The summed E-state index contributed by atoms with van der Waals surface area (Å²) in [5.74, 6) is -0.613. The highest BCUT2D eigenvalue weighted by Crippen LogP contribution is 2.27. The third-order valence-corrected chi connectivity index (χ3v) is 9.05. The Kier molecular flexibility index (Phi) is 8.01. The van der Waals surface area contributed by atoms with E-state index in [2.05, 4.69) is 14.8 Å². The van der Waals surface area contributed by atoms with Gasteiger partial charge in [0.15, 0.2) is 0 Å². The maximum absolute atomic E-state index is 13.3. The zero-order valence-corrected chi connectivity index (χ0v) is 23.7. The number of amides is 1. The van der Waals surface area contributed by atoms with E-state index in [9.17, 15) is 21.6 Å². The molecule has 0 fully saturated rings. The molecule has 0 aliphatic heterocycles. The molecule has 4 aromatic carbocycles.